The first kappa shape index (κ1) is 19.4. The first-order valence-electron chi connectivity index (χ1n) is 9.86. The van der Waals surface area contributed by atoms with Gasteiger partial charge in [0, 0.05) is 5.71 Å². The van der Waals surface area contributed by atoms with Gasteiger partial charge in [0.25, 0.3) is 10.0 Å². The highest BCUT2D eigenvalue weighted by Gasteiger charge is 2.42. The fourth-order valence-corrected chi connectivity index (χ4v) is 5.68. The van der Waals surface area contributed by atoms with Crippen molar-refractivity contribution in [2.24, 2.45) is 16.9 Å². The minimum Gasteiger partial charge on any atom is -0.200 e. The largest absolute Gasteiger partial charge is 0.277 e. The van der Waals surface area contributed by atoms with Gasteiger partial charge < -0.3 is 0 Å². The molecule has 0 amide bonds. The molecule has 0 saturated heterocycles. The van der Waals surface area contributed by atoms with Crippen molar-refractivity contribution in [2.45, 2.75) is 83.5 Å². The fourth-order valence-electron chi connectivity index (χ4n) is 4.14. The van der Waals surface area contributed by atoms with Crippen LogP contribution in [-0.2, 0) is 10.0 Å². The van der Waals surface area contributed by atoms with Gasteiger partial charge in [-0.25, -0.2) is 4.83 Å². The van der Waals surface area contributed by atoms with Crippen molar-refractivity contribution in [2.75, 3.05) is 0 Å². The summed E-state index contributed by atoms with van der Waals surface area (Å²) in [6, 6.07) is 4.13. The molecule has 0 aromatic heterocycles. The Kier molecular flexibility index (Phi) is 5.22. The van der Waals surface area contributed by atoms with E-state index in [0.717, 1.165) is 29.2 Å². The maximum absolute atomic E-state index is 13.2. The molecule has 3 fully saturated rings. The number of nitrogens with one attached hydrogen (secondary N) is 1. The second-order valence-electron chi connectivity index (χ2n) is 8.93. The highest BCUT2D eigenvalue weighted by molar-refractivity contribution is 7.89. The van der Waals surface area contributed by atoms with Crippen molar-refractivity contribution in [3.05, 3.63) is 28.8 Å². The molecular weight excluding hydrogens is 344 g/mol. The molecule has 0 spiro atoms. The van der Waals surface area contributed by atoms with E-state index in [4.69, 9.17) is 0 Å². The van der Waals surface area contributed by atoms with Crippen molar-refractivity contribution in [3.63, 3.8) is 0 Å². The summed E-state index contributed by atoms with van der Waals surface area (Å²) in [6.45, 7) is 12.5. The third-order valence-electron chi connectivity index (χ3n) is 5.86. The zero-order chi connectivity index (χ0) is 19.2. The number of benzene rings is 1. The van der Waals surface area contributed by atoms with Crippen LogP contribution in [-0.4, -0.2) is 14.1 Å². The molecule has 0 atom stereocenters. The Balaban J connectivity index is 2.06. The van der Waals surface area contributed by atoms with Gasteiger partial charge >= 0.3 is 0 Å². The molecular formula is C21H32N2O2S. The number of fused-ring (bicyclic) bond motifs is 1. The summed E-state index contributed by atoms with van der Waals surface area (Å²) in [6.07, 6.45) is 3.31. The minimum absolute atomic E-state index is 0.129. The third-order valence-corrected chi connectivity index (χ3v) is 7.20. The summed E-state index contributed by atoms with van der Waals surface area (Å²) >= 11 is 0. The van der Waals surface area contributed by atoms with E-state index in [9.17, 15) is 8.42 Å². The highest BCUT2D eigenvalue weighted by atomic mass is 32.2. The van der Waals surface area contributed by atoms with Crippen LogP contribution in [0.15, 0.2) is 22.1 Å². The molecule has 5 heteroatoms. The van der Waals surface area contributed by atoms with Gasteiger partial charge in [-0.2, -0.15) is 13.5 Å². The van der Waals surface area contributed by atoms with Gasteiger partial charge in [0.2, 0.25) is 0 Å². The van der Waals surface area contributed by atoms with Crippen LogP contribution in [0.25, 0.3) is 0 Å². The standard InChI is InChI=1S/C21H32N2O2S/c1-12(2)16-10-18(13(3)4)21(19(11-16)14(5)6)26(24,25)23-22-20-9-15-7-17(20)8-15/h10-15,17,23H,7-9H2,1-6H3/b22-20-. The predicted octanol–water partition coefficient (Wildman–Crippen LogP) is 5.12. The van der Waals surface area contributed by atoms with Crippen molar-refractivity contribution >= 4 is 15.7 Å². The Bertz CT molecular complexity index is 787. The Morgan fingerprint density at radius 1 is 0.962 bits per heavy atom. The number of sulfonamides is 1. The molecule has 0 radical (unpaired) electrons. The highest BCUT2D eigenvalue weighted by Crippen LogP contribution is 2.46. The average Bonchev–Trinajstić information content (AvgIpc) is 3.11. The Labute approximate surface area is 158 Å². The number of hydrogen-bond donors (Lipinski definition) is 1. The maximum Gasteiger partial charge on any atom is 0.277 e. The molecule has 3 aliphatic rings. The van der Waals surface area contributed by atoms with Gasteiger partial charge in [0.1, 0.15) is 0 Å². The van der Waals surface area contributed by atoms with Crippen LogP contribution >= 0.6 is 0 Å². The second-order valence-corrected chi connectivity index (χ2v) is 10.5. The maximum atomic E-state index is 13.2. The first-order valence-corrected chi connectivity index (χ1v) is 11.3. The van der Waals surface area contributed by atoms with Crippen LogP contribution in [0.4, 0.5) is 0 Å². The molecule has 0 heterocycles. The van der Waals surface area contributed by atoms with Crippen LogP contribution < -0.4 is 4.83 Å². The Morgan fingerprint density at radius 3 is 1.88 bits per heavy atom. The third kappa shape index (κ3) is 3.55. The summed E-state index contributed by atoms with van der Waals surface area (Å²) in [5, 5.41) is 4.33. The van der Waals surface area contributed by atoms with E-state index in [1.807, 2.05) is 0 Å². The molecule has 2 bridgehead atoms. The van der Waals surface area contributed by atoms with Gasteiger partial charge in [0.05, 0.1) is 4.90 Å². The molecule has 4 rings (SSSR count). The van der Waals surface area contributed by atoms with Gasteiger partial charge in [-0.3, -0.25) is 0 Å². The zero-order valence-corrected chi connectivity index (χ0v) is 17.7. The lowest BCUT2D eigenvalue weighted by molar-refractivity contribution is 0.323. The molecule has 3 aliphatic carbocycles. The number of rotatable bonds is 6. The predicted molar refractivity (Wildman–Crippen MR) is 107 cm³/mol. The lowest BCUT2D eigenvalue weighted by Gasteiger charge is -2.23. The van der Waals surface area contributed by atoms with Gasteiger partial charge in [0.15, 0.2) is 0 Å². The van der Waals surface area contributed by atoms with E-state index >= 15 is 0 Å². The Morgan fingerprint density at radius 2 is 1.50 bits per heavy atom. The first-order chi connectivity index (χ1) is 12.1. The van der Waals surface area contributed by atoms with E-state index in [-0.39, 0.29) is 11.8 Å². The zero-order valence-electron chi connectivity index (χ0n) is 16.8. The van der Waals surface area contributed by atoms with Gasteiger partial charge in [-0.15, -0.1) is 0 Å². The molecule has 4 nitrogen and oxygen atoms in total. The molecule has 1 N–H and O–H groups in total. The SMILES string of the molecule is CC(C)c1cc(C(C)C)c(S(=O)(=O)N/N=C2/CC3CC2C3)c(C(C)C)c1. The van der Waals surface area contributed by atoms with E-state index in [1.54, 1.807) is 0 Å². The summed E-state index contributed by atoms with van der Waals surface area (Å²) in [5.74, 6) is 1.85. The van der Waals surface area contributed by atoms with E-state index in [2.05, 4.69) is 63.6 Å². The Hall–Kier alpha value is -1.36. The summed E-state index contributed by atoms with van der Waals surface area (Å²) in [5.41, 5.74) is 4.01. The van der Waals surface area contributed by atoms with Gasteiger partial charge in [-0.1, -0.05) is 53.7 Å². The molecule has 144 valence electrons. The van der Waals surface area contributed by atoms with Crippen LogP contribution in [0.3, 0.4) is 0 Å². The normalized spacial score (nSPS) is 24.0. The summed E-state index contributed by atoms with van der Waals surface area (Å²) in [4.78, 5) is 3.01. The molecule has 3 saturated carbocycles. The summed E-state index contributed by atoms with van der Waals surface area (Å²) < 4.78 is 26.4. The van der Waals surface area contributed by atoms with Crippen LogP contribution in [0.2, 0.25) is 0 Å². The minimum atomic E-state index is -3.68. The fraction of sp³-hybridized carbons (Fsp3) is 0.667. The van der Waals surface area contributed by atoms with Crippen LogP contribution in [0.5, 0.6) is 0 Å². The lowest BCUT2D eigenvalue weighted by atomic mass is 9.84. The van der Waals surface area contributed by atoms with Crippen molar-refractivity contribution in [1.29, 1.82) is 0 Å². The van der Waals surface area contributed by atoms with E-state index < -0.39 is 10.0 Å². The van der Waals surface area contributed by atoms with Crippen molar-refractivity contribution < 1.29 is 8.42 Å². The van der Waals surface area contributed by atoms with Crippen molar-refractivity contribution in [1.82, 2.24) is 4.83 Å². The average molecular weight is 377 g/mol. The smallest absolute Gasteiger partial charge is 0.200 e. The molecule has 26 heavy (non-hydrogen) atoms. The molecule has 0 aliphatic heterocycles. The molecule has 1 aromatic rings. The van der Waals surface area contributed by atoms with Crippen LogP contribution in [0.1, 0.15) is 95.2 Å². The number of hydrogen-bond acceptors (Lipinski definition) is 3. The number of hydrazone groups is 1. The second kappa shape index (κ2) is 6.99. The number of nitrogens with zero attached hydrogens (tertiary/aromatic N) is 1. The topological polar surface area (TPSA) is 58.5 Å². The molecule has 1 aromatic carbocycles. The van der Waals surface area contributed by atoms with Crippen LogP contribution in [0, 0.1) is 11.8 Å². The van der Waals surface area contributed by atoms with E-state index in [1.165, 1.54) is 18.4 Å². The monoisotopic (exact) mass is 376 g/mol. The van der Waals surface area contributed by atoms with Crippen molar-refractivity contribution in [3.8, 4) is 0 Å². The molecule has 0 unspecified atom stereocenters. The van der Waals surface area contributed by atoms with Gasteiger partial charge in [-0.05, 0) is 65.5 Å². The summed E-state index contributed by atoms with van der Waals surface area (Å²) in [7, 11) is -3.68. The quantitative estimate of drug-likeness (QED) is 0.700. The lowest BCUT2D eigenvalue weighted by Crippen LogP contribution is -2.25. The van der Waals surface area contributed by atoms with E-state index in [0.29, 0.717) is 16.7 Å².